The van der Waals surface area contributed by atoms with Gasteiger partial charge < -0.3 is 15.7 Å². The molecule has 7 heteroatoms. The Morgan fingerprint density at radius 1 is 1.26 bits per heavy atom. The van der Waals surface area contributed by atoms with Crippen LogP contribution in [0, 0.1) is 5.82 Å². The number of aliphatic imine (C=N–C) groups is 1. The van der Waals surface area contributed by atoms with Gasteiger partial charge in [0.15, 0.2) is 17.5 Å². The van der Waals surface area contributed by atoms with Crippen LogP contribution in [0.4, 0.5) is 4.39 Å². The first-order chi connectivity index (χ1) is 10.7. The smallest absolute Gasteiger partial charge is 0.191 e. The molecule has 0 amide bonds. The van der Waals surface area contributed by atoms with Gasteiger partial charge in [-0.3, -0.25) is 4.98 Å². The van der Waals surface area contributed by atoms with E-state index in [0.717, 1.165) is 12.2 Å². The van der Waals surface area contributed by atoms with Gasteiger partial charge in [-0.15, -0.1) is 24.0 Å². The van der Waals surface area contributed by atoms with Gasteiger partial charge in [0, 0.05) is 12.7 Å². The average Bonchev–Trinajstić information content (AvgIpc) is 2.54. The molecule has 2 aromatic rings. The molecule has 23 heavy (non-hydrogen) atoms. The van der Waals surface area contributed by atoms with Crippen LogP contribution in [0.2, 0.25) is 0 Å². The fraction of sp³-hybridized carbons (Fsp3) is 0.250. The van der Waals surface area contributed by atoms with Gasteiger partial charge in [0.05, 0.1) is 18.8 Å². The van der Waals surface area contributed by atoms with Gasteiger partial charge in [0.2, 0.25) is 0 Å². The van der Waals surface area contributed by atoms with Crippen LogP contribution in [0.25, 0.3) is 0 Å². The molecule has 0 aliphatic carbocycles. The predicted molar refractivity (Wildman–Crippen MR) is 99.4 cm³/mol. The number of nitrogens with zero attached hydrogens (tertiary/aromatic N) is 2. The minimum absolute atomic E-state index is 0. The van der Waals surface area contributed by atoms with Crippen LogP contribution in [0.15, 0.2) is 47.6 Å². The Morgan fingerprint density at radius 3 is 2.74 bits per heavy atom. The van der Waals surface area contributed by atoms with E-state index < -0.39 is 5.82 Å². The van der Waals surface area contributed by atoms with Gasteiger partial charge in [-0.1, -0.05) is 12.1 Å². The van der Waals surface area contributed by atoms with Crippen molar-refractivity contribution in [3.05, 3.63) is 59.7 Å². The Bertz CT molecular complexity index is 637. The largest absolute Gasteiger partial charge is 0.505 e. The zero-order valence-electron chi connectivity index (χ0n) is 12.8. The lowest BCUT2D eigenvalue weighted by atomic mass is 10.2. The number of nitrogens with one attached hydrogen (secondary N) is 2. The molecule has 0 unspecified atom stereocenters. The minimum atomic E-state index is -0.640. The van der Waals surface area contributed by atoms with E-state index in [4.69, 9.17) is 0 Å². The summed E-state index contributed by atoms with van der Waals surface area (Å²) in [6.45, 7) is 3.56. The maximum absolute atomic E-state index is 13.3. The van der Waals surface area contributed by atoms with Crippen molar-refractivity contribution in [2.24, 2.45) is 4.99 Å². The van der Waals surface area contributed by atoms with Crippen LogP contribution in [0.3, 0.4) is 0 Å². The minimum Gasteiger partial charge on any atom is -0.505 e. The molecule has 0 atom stereocenters. The predicted octanol–water partition coefficient (Wildman–Crippen LogP) is 2.80. The SMILES string of the molecule is CCNC(=NCc1ccc(O)c(F)c1)NCc1ccccn1.I. The maximum Gasteiger partial charge on any atom is 0.191 e. The van der Waals surface area contributed by atoms with E-state index in [0.29, 0.717) is 24.6 Å². The van der Waals surface area contributed by atoms with E-state index in [1.54, 1.807) is 12.3 Å². The summed E-state index contributed by atoms with van der Waals surface area (Å²) in [5, 5.41) is 15.5. The summed E-state index contributed by atoms with van der Waals surface area (Å²) in [6, 6.07) is 9.96. The van der Waals surface area contributed by atoms with Crippen molar-refractivity contribution in [3.63, 3.8) is 0 Å². The Hall–Kier alpha value is -1.90. The Labute approximate surface area is 152 Å². The zero-order valence-corrected chi connectivity index (χ0v) is 15.1. The summed E-state index contributed by atoms with van der Waals surface area (Å²) in [4.78, 5) is 8.62. The first-order valence-electron chi connectivity index (χ1n) is 7.08. The number of phenolic OH excluding ortho intramolecular Hbond substituents is 1. The van der Waals surface area contributed by atoms with E-state index in [1.807, 2.05) is 25.1 Å². The summed E-state index contributed by atoms with van der Waals surface area (Å²) in [5.41, 5.74) is 1.59. The van der Waals surface area contributed by atoms with Crippen molar-refractivity contribution in [3.8, 4) is 5.75 Å². The van der Waals surface area contributed by atoms with Crippen molar-refractivity contribution in [2.45, 2.75) is 20.0 Å². The molecular formula is C16H20FIN4O. The number of aromatic hydroxyl groups is 1. The first-order valence-corrected chi connectivity index (χ1v) is 7.08. The molecule has 0 radical (unpaired) electrons. The fourth-order valence-electron chi connectivity index (χ4n) is 1.84. The van der Waals surface area contributed by atoms with Gasteiger partial charge in [-0.05, 0) is 36.8 Å². The molecule has 1 heterocycles. The summed E-state index contributed by atoms with van der Waals surface area (Å²) < 4.78 is 13.3. The molecule has 0 aliphatic rings. The zero-order chi connectivity index (χ0) is 15.8. The van der Waals surface area contributed by atoms with Gasteiger partial charge in [-0.25, -0.2) is 9.38 Å². The van der Waals surface area contributed by atoms with Crippen molar-refractivity contribution in [1.82, 2.24) is 15.6 Å². The van der Waals surface area contributed by atoms with E-state index in [2.05, 4.69) is 20.6 Å². The normalized spacial score (nSPS) is 10.8. The number of hydrogen-bond donors (Lipinski definition) is 3. The highest BCUT2D eigenvalue weighted by molar-refractivity contribution is 14.0. The topological polar surface area (TPSA) is 69.5 Å². The first kappa shape index (κ1) is 19.1. The molecule has 0 fully saturated rings. The number of aromatic nitrogens is 1. The molecule has 0 bridgehead atoms. The third-order valence-electron chi connectivity index (χ3n) is 2.94. The van der Waals surface area contributed by atoms with Gasteiger partial charge in [-0.2, -0.15) is 0 Å². The van der Waals surface area contributed by atoms with Crippen molar-refractivity contribution >= 4 is 29.9 Å². The van der Waals surface area contributed by atoms with Gasteiger partial charge in [0.1, 0.15) is 0 Å². The molecule has 0 saturated heterocycles. The highest BCUT2D eigenvalue weighted by atomic mass is 127. The molecule has 0 aliphatic heterocycles. The van der Waals surface area contributed by atoms with Crippen molar-refractivity contribution < 1.29 is 9.50 Å². The number of guanidine groups is 1. The standard InChI is InChI=1S/C16H19FN4O.HI/c1-2-18-16(21-11-13-5-3-4-8-19-13)20-10-12-6-7-15(22)14(17)9-12;/h3-9,22H,2,10-11H2,1H3,(H2,18,20,21);1H. The number of halogens is 2. The molecule has 1 aromatic carbocycles. The van der Waals surface area contributed by atoms with E-state index in [1.165, 1.54) is 12.1 Å². The van der Waals surface area contributed by atoms with Gasteiger partial charge in [0.25, 0.3) is 0 Å². The number of phenols is 1. The van der Waals surface area contributed by atoms with Crippen LogP contribution < -0.4 is 10.6 Å². The number of hydrogen-bond acceptors (Lipinski definition) is 3. The summed E-state index contributed by atoms with van der Waals surface area (Å²) in [6.07, 6.45) is 1.74. The second kappa shape index (κ2) is 9.98. The summed E-state index contributed by atoms with van der Waals surface area (Å²) in [7, 11) is 0. The number of benzene rings is 1. The third kappa shape index (κ3) is 6.39. The highest BCUT2D eigenvalue weighted by Crippen LogP contribution is 2.16. The second-order valence-electron chi connectivity index (χ2n) is 4.66. The maximum atomic E-state index is 13.3. The van der Waals surface area contributed by atoms with Crippen molar-refractivity contribution in [2.75, 3.05) is 6.54 Å². The van der Waals surface area contributed by atoms with E-state index in [9.17, 15) is 9.50 Å². The summed E-state index contributed by atoms with van der Waals surface area (Å²) in [5.74, 6) is -0.367. The fourth-order valence-corrected chi connectivity index (χ4v) is 1.84. The van der Waals surface area contributed by atoms with Gasteiger partial charge >= 0.3 is 0 Å². The molecule has 2 rings (SSSR count). The van der Waals surface area contributed by atoms with Crippen LogP contribution in [0.5, 0.6) is 5.75 Å². The lowest BCUT2D eigenvalue weighted by molar-refractivity contribution is 0.432. The average molecular weight is 430 g/mol. The number of pyridine rings is 1. The van der Waals surface area contributed by atoms with Crippen LogP contribution in [-0.2, 0) is 13.1 Å². The molecule has 0 saturated carbocycles. The van der Waals surface area contributed by atoms with Crippen LogP contribution in [-0.4, -0.2) is 22.6 Å². The Balaban J connectivity index is 0.00000264. The second-order valence-corrected chi connectivity index (χ2v) is 4.66. The van der Waals surface area contributed by atoms with Crippen molar-refractivity contribution in [1.29, 1.82) is 0 Å². The van der Waals surface area contributed by atoms with E-state index in [-0.39, 0.29) is 29.7 Å². The summed E-state index contributed by atoms with van der Waals surface area (Å²) >= 11 is 0. The lowest BCUT2D eigenvalue weighted by Gasteiger charge is -2.11. The Morgan fingerprint density at radius 2 is 2.09 bits per heavy atom. The molecule has 3 N–H and O–H groups in total. The third-order valence-corrected chi connectivity index (χ3v) is 2.94. The molecule has 1 aromatic heterocycles. The number of rotatable bonds is 5. The van der Waals surface area contributed by atoms with Crippen LogP contribution in [0.1, 0.15) is 18.2 Å². The monoisotopic (exact) mass is 430 g/mol. The highest BCUT2D eigenvalue weighted by Gasteiger charge is 2.02. The van der Waals surface area contributed by atoms with Crippen LogP contribution >= 0.6 is 24.0 Å². The molecule has 0 spiro atoms. The lowest BCUT2D eigenvalue weighted by Crippen LogP contribution is -2.37. The quantitative estimate of drug-likeness (QED) is 0.388. The van der Waals surface area contributed by atoms with E-state index >= 15 is 0 Å². The molecule has 5 nitrogen and oxygen atoms in total. The Kier molecular flexibility index (Phi) is 8.31. The molecular weight excluding hydrogens is 410 g/mol. The molecule has 124 valence electrons.